The zero-order valence-electron chi connectivity index (χ0n) is 14.0. The van der Waals surface area contributed by atoms with Crippen LogP contribution in [0, 0.1) is 5.41 Å². The molecule has 3 rings (SSSR count). The summed E-state index contributed by atoms with van der Waals surface area (Å²) in [5.41, 5.74) is 1.45. The maximum Gasteiger partial charge on any atom is 0.191 e. The Kier molecular flexibility index (Phi) is 6.76. The summed E-state index contributed by atoms with van der Waals surface area (Å²) in [5, 5.41) is 6.98. The van der Waals surface area contributed by atoms with Crippen molar-refractivity contribution in [3.05, 3.63) is 24.2 Å². The van der Waals surface area contributed by atoms with Gasteiger partial charge < -0.3 is 19.8 Å². The van der Waals surface area contributed by atoms with Gasteiger partial charge in [-0.15, -0.1) is 24.0 Å². The summed E-state index contributed by atoms with van der Waals surface area (Å²) in [7, 11) is 1.82. The van der Waals surface area contributed by atoms with E-state index in [1.165, 1.54) is 25.7 Å². The first-order valence-electron chi connectivity index (χ1n) is 8.38. The number of nitrogens with zero attached hydrogens (tertiary/aromatic N) is 1. The first kappa shape index (κ1) is 18.6. The zero-order chi connectivity index (χ0) is 15.4. The molecule has 0 bridgehead atoms. The Hall–Kier alpha value is -0.760. The van der Waals surface area contributed by atoms with Gasteiger partial charge >= 0.3 is 0 Å². The fraction of sp³-hybridized carbons (Fsp3) is 0.706. The highest BCUT2D eigenvalue weighted by Gasteiger charge is 2.56. The van der Waals surface area contributed by atoms with Crippen molar-refractivity contribution < 1.29 is 9.15 Å². The Labute approximate surface area is 155 Å². The maximum atomic E-state index is 5.97. The lowest BCUT2D eigenvalue weighted by Gasteiger charge is -2.54. The number of guanidine groups is 1. The van der Waals surface area contributed by atoms with Gasteiger partial charge in [-0.3, -0.25) is 4.99 Å². The molecule has 1 aromatic rings. The van der Waals surface area contributed by atoms with E-state index in [2.05, 4.69) is 22.5 Å². The smallest absolute Gasteiger partial charge is 0.191 e. The van der Waals surface area contributed by atoms with E-state index in [0.717, 1.165) is 31.1 Å². The van der Waals surface area contributed by atoms with Gasteiger partial charge in [0.05, 0.1) is 18.6 Å². The number of ether oxygens (including phenoxy) is 1. The van der Waals surface area contributed by atoms with Crippen molar-refractivity contribution >= 4 is 29.9 Å². The predicted molar refractivity (Wildman–Crippen MR) is 102 cm³/mol. The second kappa shape index (κ2) is 8.37. The number of halogens is 1. The number of rotatable bonds is 5. The lowest BCUT2D eigenvalue weighted by atomic mass is 9.60. The molecular weight excluding hydrogens is 405 g/mol. The molecule has 2 fully saturated rings. The topological polar surface area (TPSA) is 58.8 Å². The molecule has 0 saturated heterocycles. The van der Waals surface area contributed by atoms with Crippen molar-refractivity contribution in [3.8, 4) is 0 Å². The number of aliphatic imine (C=N–C) groups is 1. The van der Waals surface area contributed by atoms with Gasteiger partial charge in [0.15, 0.2) is 5.96 Å². The molecule has 2 unspecified atom stereocenters. The molecule has 130 valence electrons. The molecule has 0 aliphatic heterocycles. The van der Waals surface area contributed by atoms with Gasteiger partial charge in [0.2, 0.25) is 0 Å². The Balaban J connectivity index is 0.00000192. The van der Waals surface area contributed by atoms with Gasteiger partial charge in [-0.2, -0.15) is 0 Å². The van der Waals surface area contributed by atoms with E-state index in [1.54, 1.807) is 12.5 Å². The van der Waals surface area contributed by atoms with Crippen molar-refractivity contribution in [2.24, 2.45) is 10.4 Å². The van der Waals surface area contributed by atoms with Crippen LogP contribution in [-0.2, 0) is 11.3 Å². The van der Waals surface area contributed by atoms with Crippen molar-refractivity contribution in [2.45, 2.75) is 57.7 Å². The summed E-state index contributed by atoms with van der Waals surface area (Å²) in [4.78, 5) is 4.36. The van der Waals surface area contributed by atoms with Gasteiger partial charge in [-0.1, -0.05) is 12.8 Å². The molecule has 2 aliphatic rings. The molecule has 0 amide bonds. The number of hydrogen-bond acceptors (Lipinski definition) is 3. The third-order valence-corrected chi connectivity index (χ3v) is 5.26. The second-order valence-corrected chi connectivity index (χ2v) is 6.37. The van der Waals surface area contributed by atoms with E-state index >= 15 is 0 Å². The van der Waals surface area contributed by atoms with Crippen LogP contribution >= 0.6 is 24.0 Å². The first-order valence-corrected chi connectivity index (χ1v) is 8.38. The third-order valence-electron chi connectivity index (χ3n) is 5.26. The van der Waals surface area contributed by atoms with E-state index < -0.39 is 0 Å². The molecule has 1 heterocycles. The Morgan fingerprint density at radius 3 is 2.83 bits per heavy atom. The number of furan rings is 1. The number of nitrogens with one attached hydrogen (secondary N) is 2. The van der Waals surface area contributed by atoms with Gasteiger partial charge in [-0.25, -0.2) is 0 Å². The summed E-state index contributed by atoms with van der Waals surface area (Å²) in [6, 6.07) is 2.44. The van der Waals surface area contributed by atoms with Crippen LogP contribution in [-0.4, -0.2) is 31.8 Å². The normalized spacial score (nSPS) is 25.7. The molecular formula is C17H28IN3O2. The van der Waals surface area contributed by atoms with Crippen LogP contribution in [0.2, 0.25) is 0 Å². The van der Waals surface area contributed by atoms with Crippen LogP contribution < -0.4 is 10.6 Å². The van der Waals surface area contributed by atoms with Crippen molar-refractivity contribution in [3.63, 3.8) is 0 Å². The van der Waals surface area contributed by atoms with Gasteiger partial charge in [-0.05, 0) is 32.3 Å². The van der Waals surface area contributed by atoms with Crippen LogP contribution in [0.25, 0.3) is 0 Å². The lowest BCUT2D eigenvalue weighted by Crippen LogP contribution is -2.65. The molecule has 2 aliphatic carbocycles. The highest BCUT2D eigenvalue weighted by molar-refractivity contribution is 14.0. The van der Waals surface area contributed by atoms with E-state index in [9.17, 15) is 0 Å². The monoisotopic (exact) mass is 433 g/mol. The summed E-state index contributed by atoms with van der Waals surface area (Å²) in [6.45, 7) is 3.63. The van der Waals surface area contributed by atoms with Crippen LogP contribution in [0.1, 0.15) is 44.6 Å². The van der Waals surface area contributed by atoms with Crippen molar-refractivity contribution in [2.75, 3.05) is 13.7 Å². The van der Waals surface area contributed by atoms with Crippen molar-refractivity contribution in [1.29, 1.82) is 0 Å². The molecule has 2 N–H and O–H groups in total. The molecule has 6 heteroatoms. The van der Waals surface area contributed by atoms with Gasteiger partial charge in [0.1, 0.15) is 0 Å². The summed E-state index contributed by atoms with van der Waals surface area (Å²) < 4.78 is 11.1. The minimum absolute atomic E-state index is 0. The third kappa shape index (κ3) is 3.84. The lowest BCUT2D eigenvalue weighted by molar-refractivity contribution is -0.125. The Morgan fingerprint density at radius 2 is 2.22 bits per heavy atom. The van der Waals surface area contributed by atoms with Crippen LogP contribution in [0.15, 0.2) is 28.0 Å². The molecule has 1 aromatic heterocycles. The molecule has 0 aromatic carbocycles. The van der Waals surface area contributed by atoms with E-state index in [4.69, 9.17) is 9.15 Å². The Bertz CT molecular complexity index is 498. The highest BCUT2D eigenvalue weighted by Crippen LogP contribution is 2.54. The zero-order valence-corrected chi connectivity index (χ0v) is 16.3. The van der Waals surface area contributed by atoms with E-state index in [-0.39, 0.29) is 24.0 Å². The summed E-state index contributed by atoms with van der Waals surface area (Å²) in [6.07, 6.45) is 10.1. The van der Waals surface area contributed by atoms with E-state index in [0.29, 0.717) is 17.6 Å². The maximum absolute atomic E-state index is 5.97. The average Bonchev–Trinajstić information content (AvgIpc) is 3.21. The van der Waals surface area contributed by atoms with Gasteiger partial charge in [0.25, 0.3) is 0 Å². The minimum atomic E-state index is 0. The largest absolute Gasteiger partial charge is 0.472 e. The fourth-order valence-corrected chi connectivity index (χ4v) is 4.03. The molecule has 23 heavy (non-hydrogen) atoms. The molecule has 1 spiro atoms. The molecule has 5 nitrogen and oxygen atoms in total. The van der Waals surface area contributed by atoms with Crippen LogP contribution in [0.4, 0.5) is 0 Å². The quantitative estimate of drug-likeness (QED) is 0.425. The van der Waals surface area contributed by atoms with E-state index in [1.807, 2.05) is 13.1 Å². The van der Waals surface area contributed by atoms with Crippen molar-refractivity contribution in [1.82, 2.24) is 10.6 Å². The molecule has 2 saturated carbocycles. The first-order chi connectivity index (χ1) is 10.8. The Morgan fingerprint density at radius 1 is 1.43 bits per heavy atom. The van der Waals surface area contributed by atoms with Gasteiger partial charge in [0, 0.05) is 37.2 Å². The van der Waals surface area contributed by atoms with Crippen LogP contribution in [0.5, 0.6) is 0 Å². The summed E-state index contributed by atoms with van der Waals surface area (Å²) >= 11 is 0. The molecule has 2 atom stereocenters. The van der Waals surface area contributed by atoms with Crippen LogP contribution in [0.3, 0.4) is 0 Å². The minimum Gasteiger partial charge on any atom is -0.472 e. The fourth-order valence-electron chi connectivity index (χ4n) is 4.03. The average molecular weight is 433 g/mol. The molecule has 0 radical (unpaired) electrons. The number of hydrogen-bond donors (Lipinski definition) is 2. The summed E-state index contributed by atoms with van der Waals surface area (Å²) in [5.74, 6) is 0.868. The standard InChI is InChI=1S/C17H27N3O2.HI/c1-3-22-15-10-14(17(15)7-4-5-8-17)20-16(18-2)19-11-13-6-9-21-12-13;/h6,9,12,14-15H,3-5,7-8,10-11H2,1-2H3,(H2,18,19,20);1H. The highest BCUT2D eigenvalue weighted by atomic mass is 127. The SMILES string of the molecule is CCOC1CC(NC(=NC)NCc2ccoc2)C12CCCC2.I. The predicted octanol–water partition coefficient (Wildman–Crippen LogP) is 3.30. The second-order valence-electron chi connectivity index (χ2n) is 6.37.